The predicted molar refractivity (Wildman–Crippen MR) is 120 cm³/mol. The maximum Gasteiger partial charge on any atom is 0.251 e. The molecule has 1 heterocycles. The first-order valence-electron chi connectivity index (χ1n) is 10.8. The molecule has 0 spiro atoms. The first-order valence-corrected chi connectivity index (χ1v) is 12.3. The number of piperidine rings is 1. The monoisotopic (exact) mass is 453 g/mol. The van der Waals surface area contributed by atoms with E-state index in [1.807, 2.05) is 13.0 Å². The predicted octanol–water partition coefficient (Wildman–Crippen LogP) is 1.70. The number of carbonyl (C=O) groups is 2. The number of carbonyl (C=O) groups excluding carboxylic acids is 2. The molecule has 0 radical (unpaired) electrons. The van der Waals surface area contributed by atoms with E-state index < -0.39 is 21.3 Å². The lowest BCUT2D eigenvalue weighted by Crippen LogP contribution is -2.54. The summed E-state index contributed by atoms with van der Waals surface area (Å²) in [6.07, 6.45) is 1.69. The Kier molecular flexibility index (Phi) is 9.46. The Bertz CT molecular complexity index is 848. The van der Waals surface area contributed by atoms with Gasteiger partial charge in [0, 0.05) is 38.9 Å². The first kappa shape index (κ1) is 25.3. The van der Waals surface area contributed by atoms with Gasteiger partial charge in [-0.15, -0.1) is 0 Å². The van der Waals surface area contributed by atoms with Gasteiger partial charge in [-0.05, 0) is 58.1 Å². The molecule has 1 aliphatic heterocycles. The third kappa shape index (κ3) is 7.02. The number of nitrogens with one attached hydrogen (secondary N) is 2. The molecule has 0 aliphatic carbocycles. The maximum atomic E-state index is 12.9. The van der Waals surface area contributed by atoms with Crippen molar-refractivity contribution in [2.45, 2.75) is 51.3 Å². The lowest BCUT2D eigenvalue weighted by molar-refractivity contribution is -0.124. The molecule has 8 nitrogen and oxygen atoms in total. The van der Waals surface area contributed by atoms with E-state index in [9.17, 15) is 18.0 Å². The molecule has 31 heavy (non-hydrogen) atoms. The van der Waals surface area contributed by atoms with Crippen LogP contribution >= 0.6 is 0 Å². The second kappa shape index (κ2) is 11.6. The molecule has 1 aromatic carbocycles. The highest BCUT2D eigenvalue weighted by Crippen LogP contribution is 2.25. The Morgan fingerprint density at radius 1 is 1.23 bits per heavy atom. The molecule has 2 N–H and O–H groups in total. The Morgan fingerprint density at radius 2 is 1.90 bits per heavy atom. The molecule has 1 saturated heterocycles. The minimum absolute atomic E-state index is 0.144. The lowest BCUT2D eigenvalue weighted by Gasteiger charge is -2.36. The molecular formula is C22H35N3O5S. The van der Waals surface area contributed by atoms with Crippen LogP contribution in [0.5, 0.6) is 0 Å². The zero-order valence-corrected chi connectivity index (χ0v) is 19.7. The molecule has 0 saturated carbocycles. The molecule has 2 rings (SSSR count). The molecule has 0 bridgehead atoms. The molecule has 1 aliphatic rings. The van der Waals surface area contributed by atoms with Gasteiger partial charge in [-0.2, -0.15) is 0 Å². The zero-order chi connectivity index (χ0) is 23.0. The van der Waals surface area contributed by atoms with Gasteiger partial charge >= 0.3 is 0 Å². The summed E-state index contributed by atoms with van der Waals surface area (Å²) in [7, 11) is -1.73. The van der Waals surface area contributed by atoms with E-state index in [2.05, 4.69) is 10.6 Å². The van der Waals surface area contributed by atoms with E-state index in [1.54, 1.807) is 39.2 Å². The van der Waals surface area contributed by atoms with Crippen LogP contribution in [-0.4, -0.2) is 69.2 Å². The summed E-state index contributed by atoms with van der Waals surface area (Å²) in [5, 5.41) is 5.29. The van der Waals surface area contributed by atoms with Crippen molar-refractivity contribution < 1.29 is 22.7 Å². The van der Waals surface area contributed by atoms with Gasteiger partial charge in [0.2, 0.25) is 15.9 Å². The summed E-state index contributed by atoms with van der Waals surface area (Å²) in [5.74, 6) is -0.699. The zero-order valence-electron chi connectivity index (χ0n) is 18.9. The van der Waals surface area contributed by atoms with Crippen molar-refractivity contribution >= 4 is 21.8 Å². The fourth-order valence-corrected chi connectivity index (χ4v) is 5.02. The normalized spacial score (nSPS) is 16.8. The van der Waals surface area contributed by atoms with Gasteiger partial charge in [-0.1, -0.05) is 17.7 Å². The molecule has 9 heteroatoms. The van der Waals surface area contributed by atoms with Crippen LogP contribution in [0.4, 0.5) is 0 Å². The second-order valence-corrected chi connectivity index (χ2v) is 10.8. The summed E-state index contributed by atoms with van der Waals surface area (Å²) < 4.78 is 31.4. The van der Waals surface area contributed by atoms with Crippen molar-refractivity contribution in [2.75, 3.05) is 33.4 Å². The third-order valence-electron chi connectivity index (χ3n) is 5.60. The second-order valence-electron chi connectivity index (χ2n) is 8.29. The van der Waals surface area contributed by atoms with Crippen molar-refractivity contribution in [2.24, 2.45) is 5.92 Å². The first-order chi connectivity index (χ1) is 14.7. The van der Waals surface area contributed by atoms with Gasteiger partial charge in [0.15, 0.2) is 0 Å². The van der Waals surface area contributed by atoms with E-state index in [1.165, 1.54) is 4.31 Å². The van der Waals surface area contributed by atoms with Crippen molar-refractivity contribution in [3.8, 4) is 0 Å². The average molecular weight is 454 g/mol. The maximum absolute atomic E-state index is 12.9. The standard InChI is InChI=1S/C22H35N3O5S/c1-16(2)31(28,29)25-12-9-18(10-13-25)20(22(27)23-11-6-14-30-4)24-21(26)19-8-5-7-17(3)15-19/h5,7-8,15-16,18,20H,6,9-14H2,1-4H3,(H,23,27)(H,24,26). The summed E-state index contributed by atoms with van der Waals surface area (Å²) in [4.78, 5) is 25.8. The van der Waals surface area contributed by atoms with Crippen LogP contribution < -0.4 is 10.6 Å². The van der Waals surface area contributed by atoms with Crippen molar-refractivity contribution in [3.63, 3.8) is 0 Å². The summed E-state index contributed by atoms with van der Waals surface area (Å²) in [6, 6.07) is 6.48. The van der Waals surface area contributed by atoms with E-state index in [0.717, 1.165) is 5.56 Å². The highest BCUT2D eigenvalue weighted by Gasteiger charge is 2.36. The fourth-order valence-electron chi connectivity index (χ4n) is 3.71. The van der Waals surface area contributed by atoms with Crippen LogP contribution in [0.2, 0.25) is 0 Å². The lowest BCUT2D eigenvalue weighted by atomic mass is 9.89. The van der Waals surface area contributed by atoms with Gasteiger partial charge in [-0.25, -0.2) is 12.7 Å². The molecule has 0 aromatic heterocycles. The van der Waals surface area contributed by atoms with Gasteiger partial charge in [0.1, 0.15) is 6.04 Å². The van der Waals surface area contributed by atoms with Crippen LogP contribution in [0.25, 0.3) is 0 Å². The number of hydrogen-bond donors (Lipinski definition) is 2. The van der Waals surface area contributed by atoms with Gasteiger partial charge in [0.05, 0.1) is 5.25 Å². The average Bonchev–Trinajstić information content (AvgIpc) is 2.74. The summed E-state index contributed by atoms with van der Waals surface area (Å²) >= 11 is 0. The molecule has 174 valence electrons. The molecule has 1 unspecified atom stereocenters. The molecule has 2 amide bonds. The van der Waals surface area contributed by atoms with E-state index >= 15 is 0 Å². The van der Waals surface area contributed by atoms with Gasteiger partial charge in [0.25, 0.3) is 5.91 Å². The number of aryl methyl sites for hydroxylation is 1. The topological polar surface area (TPSA) is 105 Å². The smallest absolute Gasteiger partial charge is 0.251 e. The van der Waals surface area contributed by atoms with Crippen LogP contribution in [0, 0.1) is 12.8 Å². The minimum Gasteiger partial charge on any atom is -0.385 e. The Labute approximate surface area is 185 Å². The Balaban J connectivity index is 2.10. The largest absolute Gasteiger partial charge is 0.385 e. The Hall–Kier alpha value is -1.97. The molecule has 1 aromatic rings. The van der Waals surface area contributed by atoms with E-state index in [0.29, 0.717) is 51.1 Å². The molecular weight excluding hydrogens is 418 g/mol. The number of rotatable bonds is 10. The van der Waals surface area contributed by atoms with Crippen molar-refractivity contribution in [1.82, 2.24) is 14.9 Å². The van der Waals surface area contributed by atoms with Crippen LogP contribution in [0.15, 0.2) is 24.3 Å². The van der Waals surface area contributed by atoms with Crippen LogP contribution in [0.1, 0.15) is 49.0 Å². The van der Waals surface area contributed by atoms with Gasteiger partial charge in [-0.3, -0.25) is 9.59 Å². The number of sulfonamides is 1. The van der Waals surface area contributed by atoms with E-state index in [4.69, 9.17) is 4.74 Å². The SMILES string of the molecule is COCCCNC(=O)C(NC(=O)c1cccc(C)c1)C1CCN(S(=O)(=O)C(C)C)CC1. The van der Waals surface area contributed by atoms with Crippen molar-refractivity contribution in [1.29, 1.82) is 0 Å². The number of hydrogen-bond acceptors (Lipinski definition) is 5. The number of benzene rings is 1. The number of methoxy groups -OCH3 is 1. The highest BCUT2D eigenvalue weighted by atomic mass is 32.2. The number of amides is 2. The quantitative estimate of drug-likeness (QED) is 0.525. The fraction of sp³-hybridized carbons (Fsp3) is 0.636. The van der Waals surface area contributed by atoms with Crippen molar-refractivity contribution in [3.05, 3.63) is 35.4 Å². The Morgan fingerprint density at radius 3 is 2.48 bits per heavy atom. The molecule has 1 fully saturated rings. The van der Waals surface area contributed by atoms with Crippen LogP contribution in [-0.2, 0) is 19.6 Å². The minimum atomic E-state index is -3.33. The highest BCUT2D eigenvalue weighted by molar-refractivity contribution is 7.89. The van der Waals surface area contributed by atoms with E-state index in [-0.39, 0.29) is 17.7 Å². The number of ether oxygens (including phenoxy) is 1. The summed E-state index contributed by atoms with van der Waals surface area (Å²) in [5.41, 5.74) is 1.46. The van der Waals surface area contributed by atoms with Crippen LogP contribution in [0.3, 0.4) is 0 Å². The van der Waals surface area contributed by atoms with Gasteiger partial charge < -0.3 is 15.4 Å². The summed E-state index contributed by atoms with van der Waals surface area (Å²) in [6.45, 7) is 6.91. The molecule has 1 atom stereocenters. The third-order valence-corrected chi connectivity index (χ3v) is 7.88. The number of nitrogens with zero attached hydrogens (tertiary/aromatic N) is 1.